The molecule has 1 aromatic heterocycles. The summed E-state index contributed by atoms with van der Waals surface area (Å²) in [6.45, 7) is 2.96. The van der Waals surface area contributed by atoms with Crippen LogP contribution in [0.15, 0.2) is 69.2 Å². The maximum absolute atomic E-state index is 12.6. The minimum atomic E-state index is -3.45. The molecule has 2 aromatic carbocycles. The molecule has 0 saturated carbocycles. The van der Waals surface area contributed by atoms with Crippen LogP contribution in [0.4, 0.5) is 5.69 Å². The first-order chi connectivity index (χ1) is 14.9. The van der Waals surface area contributed by atoms with Gasteiger partial charge in [-0.25, -0.2) is 13.4 Å². The number of sulfonamides is 1. The molecule has 0 bridgehead atoms. The number of nitrogens with zero attached hydrogens (tertiary/aromatic N) is 2. The molecule has 4 rings (SSSR count). The first kappa shape index (κ1) is 22.0. The smallest absolute Gasteiger partial charge is 0.243 e. The van der Waals surface area contributed by atoms with E-state index in [1.807, 2.05) is 42.6 Å². The van der Waals surface area contributed by atoms with Crippen molar-refractivity contribution in [2.24, 2.45) is 0 Å². The molecule has 1 fully saturated rings. The van der Waals surface area contributed by atoms with E-state index in [0.29, 0.717) is 18.8 Å². The molecule has 9 heteroatoms. The summed E-state index contributed by atoms with van der Waals surface area (Å²) in [6.07, 6.45) is 1.80. The third-order valence-electron chi connectivity index (χ3n) is 5.02. The van der Waals surface area contributed by atoms with Crippen LogP contribution in [-0.4, -0.2) is 42.0 Å². The average Bonchev–Trinajstić information content (AvgIpc) is 3.47. The summed E-state index contributed by atoms with van der Waals surface area (Å²) >= 11 is 2.92. The molecule has 0 aliphatic carbocycles. The Kier molecular flexibility index (Phi) is 6.76. The van der Waals surface area contributed by atoms with E-state index in [1.54, 1.807) is 24.3 Å². The molecule has 1 atom stereocenters. The van der Waals surface area contributed by atoms with Crippen molar-refractivity contribution in [2.45, 2.75) is 34.3 Å². The van der Waals surface area contributed by atoms with Gasteiger partial charge in [0.2, 0.25) is 15.9 Å². The predicted molar refractivity (Wildman–Crippen MR) is 126 cm³/mol. The maximum Gasteiger partial charge on any atom is 0.243 e. The van der Waals surface area contributed by atoms with E-state index in [-0.39, 0.29) is 16.1 Å². The number of nitrogens with one attached hydrogen (secondary N) is 1. The summed E-state index contributed by atoms with van der Waals surface area (Å²) in [4.78, 5) is 17.5. The number of benzene rings is 2. The Morgan fingerprint density at radius 3 is 2.45 bits per heavy atom. The van der Waals surface area contributed by atoms with Gasteiger partial charge in [-0.3, -0.25) is 4.79 Å². The number of carbonyl (C=O) groups excluding carboxylic acids is 1. The van der Waals surface area contributed by atoms with Gasteiger partial charge in [0.25, 0.3) is 0 Å². The van der Waals surface area contributed by atoms with Crippen molar-refractivity contribution >= 4 is 44.7 Å². The lowest BCUT2D eigenvalue weighted by molar-refractivity contribution is -0.115. The van der Waals surface area contributed by atoms with Gasteiger partial charge >= 0.3 is 0 Å². The van der Waals surface area contributed by atoms with Crippen LogP contribution in [0.5, 0.6) is 0 Å². The van der Waals surface area contributed by atoms with Gasteiger partial charge in [0, 0.05) is 29.7 Å². The van der Waals surface area contributed by atoms with Crippen molar-refractivity contribution in [2.75, 3.05) is 18.4 Å². The van der Waals surface area contributed by atoms with Crippen molar-refractivity contribution in [1.82, 2.24) is 9.29 Å². The Labute approximate surface area is 190 Å². The van der Waals surface area contributed by atoms with Crippen LogP contribution in [0.25, 0.3) is 11.3 Å². The minimum absolute atomic E-state index is 0.156. The summed E-state index contributed by atoms with van der Waals surface area (Å²) in [5.41, 5.74) is 2.52. The number of anilines is 1. The van der Waals surface area contributed by atoms with Gasteiger partial charge in [-0.15, -0.1) is 11.3 Å². The molecule has 162 valence electrons. The standard InChI is InChI=1S/C22H23N3O3S3/c1-16(30-22-24-20(15-29-22)17-7-3-2-4-8-17)21(26)23-18-9-11-19(12-10-18)31(27,28)25-13-5-6-14-25/h2-4,7-12,15-16H,5-6,13-14H2,1H3,(H,23,26)/t16-/m1/s1. The zero-order chi connectivity index (χ0) is 21.8. The Morgan fingerprint density at radius 2 is 1.77 bits per heavy atom. The molecule has 1 aliphatic heterocycles. The molecule has 3 aromatic rings. The van der Waals surface area contributed by atoms with E-state index in [4.69, 9.17) is 0 Å². The van der Waals surface area contributed by atoms with Crippen molar-refractivity contribution in [3.05, 3.63) is 60.0 Å². The van der Waals surface area contributed by atoms with E-state index in [1.165, 1.54) is 27.4 Å². The highest BCUT2D eigenvalue weighted by molar-refractivity contribution is 8.02. The van der Waals surface area contributed by atoms with Crippen LogP contribution in [0.1, 0.15) is 19.8 Å². The summed E-state index contributed by atoms with van der Waals surface area (Å²) in [6, 6.07) is 16.3. The van der Waals surface area contributed by atoms with Crippen LogP contribution in [0.3, 0.4) is 0 Å². The second kappa shape index (κ2) is 9.52. The Balaban J connectivity index is 1.36. The van der Waals surface area contributed by atoms with Crippen molar-refractivity contribution < 1.29 is 13.2 Å². The van der Waals surface area contributed by atoms with E-state index < -0.39 is 10.0 Å². The lowest BCUT2D eigenvalue weighted by Gasteiger charge is -2.16. The molecule has 0 radical (unpaired) electrons. The Morgan fingerprint density at radius 1 is 1.10 bits per heavy atom. The van der Waals surface area contributed by atoms with Gasteiger partial charge in [-0.1, -0.05) is 42.1 Å². The largest absolute Gasteiger partial charge is 0.325 e. The fraction of sp³-hybridized carbons (Fsp3) is 0.273. The van der Waals surface area contributed by atoms with E-state index >= 15 is 0 Å². The van der Waals surface area contributed by atoms with E-state index in [9.17, 15) is 13.2 Å². The lowest BCUT2D eigenvalue weighted by Crippen LogP contribution is -2.27. The fourth-order valence-electron chi connectivity index (χ4n) is 3.29. The first-order valence-corrected chi connectivity index (χ1v) is 13.2. The van der Waals surface area contributed by atoms with Crippen molar-refractivity contribution in [3.63, 3.8) is 0 Å². The molecule has 0 unspecified atom stereocenters. The highest BCUT2D eigenvalue weighted by atomic mass is 32.2. The minimum Gasteiger partial charge on any atom is -0.325 e. The Bertz CT molecular complexity index is 1140. The second-order valence-electron chi connectivity index (χ2n) is 7.25. The molecule has 1 N–H and O–H groups in total. The monoisotopic (exact) mass is 473 g/mol. The SMILES string of the molecule is C[C@@H](Sc1nc(-c2ccccc2)cs1)C(=O)Nc1ccc(S(=O)(=O)N2CCCC2)cc1. The van der Waals surface area contributed by atoms with Crippen LogP contribution in [0.2, 0.25) is 0 Å². The van der Waals surface area contributed by atoms with Crippen LogP contribution < -0.4 is 5.32 Å². The maximum atomic E-state index is 12.6. The Hall–Kier alpha value is -2.20. The predicted octanol–water partition coefficient (Wildman–Crippen LogP) is 4.71. The number of hydrogen-bond acceptors (Lipinski definition) is 6. The van der Waals surface area contributed by atoms with Gasteiger partial charge < -0.3 is 5.32 Å². The molecule has 1 amide bonds. The normalized spacial score (nSPS) is 15.6. The third-order valence-corrected chi connectivity index (χ3v) is 9.01. The molecule has 2 heterocycles. The average molecular weight is 474 g/mol. The summed E-state index contributed by atoms with van der Waals surface area (Å²) < 4.78 is 27.6. The summed E-state index contributed by atoms with van der Waals surface area (Å²) in [5, 5.41) is 4.50. The van der Waals surface area contributed by atoms with Crippen molar-refractivity contribution in [3.8, 4) is 11.3 Å². The van der Waals surface area contributed by atoms with Gasteiger partial charge in [-0.05, 0) is 44.0 Å². The fourth-order valence-corrected chi connectivity index (χ4v) is 6.78. The molecule has 0 spiro atoms. The number of thioether (sulfide) groups is 1. The topological polar surface area (TPSA) is 79.4 Å². The molecule has 31 heavy (non-hydrogen) atoms. The molecular weight excluding hydrogens is 450 g/mol. The van der Waals surface area contributed by atoms with Crippen LogP contribution >= 0.6 is 23.1 Å². The second-order valence-corrected chi connectivity index (χ2v) is 11.6. The highest BCUT2D eigenvalue weighted by Gasteiger charge is 2.27. The van der Waals surface area contributed by atoms with Gasteiger partial charge in [0.05, 0.1) is 15.8 Å². The van der Waals surface area contributed by atoms with Crippen molar-refractivity contribution in [1.29, 1.82) is 0 Å². The zero-order valence-corrected chi connectivity index (χ0v) is 19.5. The van der Waals surface area contributed by atoms with Gasteiger partial charge in [0.1, 0.15) is 0 Å². The zero-order valence-electron chi connectivity index (χ0n) is 17.0. The van der Waals surface area contributed by atoms with E-state index in [2.05, 4.69) is 10.3 Å². The summed E-state index contributed by atoms with van der Waals surface area (Å²) in [7, 11) is -3.45. The highest BCUT2D eigenvalue weighted by Crippen LogP contribution is 2.31. The quantitative estimate of drug-likeness (QED) is 0.503. The number of aromatic nitrogens is 1. The molecule has 1 aliphatic rings. The van der Waals surface area contributed by atoms with E-state index in [0.717, 1.165) is 28.4 Å². The van der Waals surface area contributed by atoms with Crippen LogP contribution in [0, 0.1) is 0 Å². The number of hydrogen-bond donors (Lipinski definition) is 1. The number of amides is 1. The lowest BCUT2D eigenvalue weighted by atomic mass is 10.2. The molecule has 6 nitrogen and oxygen atoms in total. The van der Waals surface area contributed by atoms with Gasteiger partial charge in [-0.2, -0.15) is 4.31 Å². The van der Waals surface area contributed by atoms with Crippen LogP contribution in [-0.2, 0) is 14.8 Å². The molecule has 1 saturated heterocycles. The number of thiazole rings is 1. The molecular formula is C22H23N3O3S3. The number of carbonyl (C=O) groups is 1. The summed E-state index contributed by atoms with van der Waals surface area (Å²) in [5.74, 6) is -0.156. The first-order valence-electron chi connectivity index (χ1n) is 10.0. The van der Waals surface area contributed by atoms with Gasteiger partial charge in [0.15, 0.2) is 4.34 Å². The number of rotatable bonds is 7. The third kappa shape index (κ3) is 5.17.